The molecule has 0 aliphatic carbocycles. The third kappa shape index (κ3) is 6.03. The van der Waals surface area contributed by atoms with Crippen molar-refractivity contribution in [3.8, 4) is 33.4 Å². The SMILES string of the molecule is Cc1ccccc1/C=C(\c1ccccc1)c1cccc(-c2ccc3oc4cc5c(cc4c3c2)oc2ccc(-c3cccc(-c4cc6ccccc6c6ccccc46)c3)cc25)c1. The fourth-order valence-corrected chi connectivity index (χ4v) is 9.29. The second-order valence-corrected chi connectivity index (χ2v) is 16.1. The molecular weight excluding hydrogens is 741 g/mol. The lowest BCUT2D eigenvalue weighted by atomic mass is 9.91. The molecule has 0 amide bonds. The van der Waals surface area contributed by atoms with Crippen molar-refractivity contribution in [2.75, 3.05) is 0 Å². The summed E-state index contributed by atoms with van der Waals surface area (Å²) in [6.07, 6.45) is 2.31. The van der Waals surface area contributed by atoms with E-state index in [0.29, 0.717) is 0 Å². The summed E-state index contributed by atoms with van der Waals surface area (Å²) < 4.78 is 13.1. The Balaban J connectivity index is 0.924. The molecule has 12 aromatic rings. The van der Waals surface area contributed by atoms with Gasteiger partial charge in [-0.1, -0.05) is 152 Å². The van der Waals surface area contributed by atoms with Gasteiger partial charge in [0.05, 0.1) is 0 Å². The number of benzene rings is 10. The zero-order valence-electron chi connectivity index (χ0n) is 33.5. The topological polar surface area (TPSA) is 26.3 Å². The van der Waals surface area contributed by atoms with Crippen LogP contribution in [-0.2, 0) is 0 Å². The van der Waals surface area contributed by atoms with Crippen molar-refractivity contribution >= 4 is 77.1 Å². The van der Waals surface area contributed by atoms with Gasteiger partial charge in [-0.05, 0) is 150 Å². The smallest absolute Gasteiger partial charge is 0.136 e. The minimum absolute atomic E-state index is 0.846. The molecule has 0 spiro atoms. The van der Waals surface area contributed by atoms with Gasteiger partial charge >= 0.3 is 0 Å². The largest absolute Gasteiger partial charge is 0.456 e. The Morgan fingerprint density at radius 1 is 0.344 bits per heavy atom. The van der Waals surface area contributed by atoms with Gasteiger partial charge in [0.15, 0.2) is 0 Å². The first-order valence-electron chi connectivity index (χ1n) is 20.9. The summed E-state index contributed by atoms with van der Waals surface area (Å²) in [7, 11) is 0. The number of hydrogen-bond donors (Lipinski definition) is 0. The average molecular weight is 779 g/mol. The summed E-state index contributed by atoms with van der Waals surface area (Å²) in [6, 6.07) is 74.0. The fourth-order valence-electron chi connectivity index (χ4n) is 9.29. The van der Waals surface area contributed by atoms with Gasteiger partial charge < -0.3 is 8.83 Å². The molecule has 286 valence electrons. The molecule has 0 N–H and O–H groups in total. The lowest BCUT2D eigenvalue weighted by molar-refractivity contribution is 0.664. The highest BCUT2D eigenvalue weighted by Crippen LogP contribution is 2.41. The lowest BCUT2D eigenvalue weighted by Crippen LogP contribution is -1.90. The van der Waals surface area contributed by atoms with E-state index in [-0.39, 0.29) is 0 Å². The van der Waals surface area contributed by atoms with Crippen molar-refractivity contribution in [2.45, 2.75) is 6.92 Å². The Kier molecular flexibility index (Phi) is 8.11. The average Bonchev–Trinajstić information content (AvgIpc) is 3.87. The molecule has 0 radical (unpaired) electrons. The minimum Gasteiger partial charge on any atom is -0.456 e. The molecular formula is C59H38O2. The van der Waals surface area contributed by atoms with Crippen molar-refractivity contribution in [1.29, 1.82) is 0 Å². The van der Waals surface area contributed by atoms with Crippen molar-refractivity contribution in [2.24, 2.45) is 0 Å². The second kappa shape index (κ2) is 14.1. The van der Waals surface area contributed by atoms with E-state index in [1.54, 1.807) is 0 Å². The molecule has 2 heterocycles. The third-order valence-electron chi connectivity index (χ3n) is 12.4. The van der Waals surface area contributed by atoms with Gasteiger partial charge in [0.25, 0.3) is 0 Å². The maximum absolute atomic E-state index is 6.56. The minimum atomic E-state index is 0.846. The first kappa shape index (κ1) is 35.0. The molecule has 2 aromatic heterocycles. The van der Waals surface area contributed by atoms with E-state index < -0.39 is 0 Å². The lowest BCUT2D eigenvalue weighted by Gasteiger charge is -2.12. The van der Waals surface area contributed by atoms with Gasteiger partial charge in [0.1, 0.15) is 22.3 Å². The monoisotopic (exact) mass is 778 g/mol. The Labute approximate surface area is 353 Å². The Morgan fingerprint density at radius 3 is 1.61 bits per heavy atom. The first-order valence-corrected chi connectivity index (χ1v) is 20.9. The molecule has 0 atom stereocenters. The van der Waals surface area contributed by atoms with Crippen molar-refractivity contribution < 1.29 is 8.83 Å². The van der Waals surface area contributed by atoms with Crippen LogP contribution in [0.15, 0.2) is 215 Å². The van der Waals surface area contributed by atoms with Crippen LogP contribution in [0.5, 0.6) is 0 Å². The molecule has 0 bridgehead atoms. The molecule has 2 heteroatoms. The predicted molar refractivity (Wildman–Crippen MR) is 257 cm³/mol. The van der Waals surface area contributed by atoms with Crippen LogP contribution < -0.4 is 0 Å². The fraction of sp³-hybridized carbons (Fsp3) is 0.0169. The molecule has 10 aromatic carbocycles. The summed E-state index contributed by atoms with van der Waals surface area (Å²) in [5, 5.41) is 9.28. The number of hydrogen-bond acceptors (Lipinski definition) is 2. The van der Waals surface area contributed by atoms with E-state index in [0.717, 1.165) is 66.1 Å². The van der Waals surface area contributed by atoms with Gasteiger partial charge in [-0.15, -0.1) is 0 Å². The molecule has 0 saturated heterocycles. The third-order valence-corrected chi connectivity index (χ3v) is 12.4. The van der Waals surface area contributed by atoms with Crippen LogP contribution in [0.3, 0.4) is 0 Å². The summed E-state index contributed by atoms with van der Waals surface area (Å²) in [6.45, 7) is 2.17. The van der Waals surface area contributed by atoms with Gasteiger partial charge in [-0.25, -0.2) is 0 Å². The maximum Gasteiger partial charge on any atom is 0.136 e. The number of furan rings is 2. The summed E-state index contributed by atoms with van der Waals surface area (Å²) in [5.74, 6) is 0. The van der Waals surface area contributed by atoms with E-state index in [1.165, 1.54) is 60.5 Å². The van der Waals surface area contributed by atoms with E-state index >= 15 is 0 Å². The van der Waals surface area contributed by atoms with E-state index in [1.807, 2.05) is 0 Å². The number of aryl methyl sites for hydroxylation is 1. The van der Waals surface area contributed by atoms with E-state index in [4.69, 9.17) is 8.83 Å². The number of fused-ring (bicyclic) bond motifs is 9. The first-order chi connectivity index (χ1) is 30.1. The molecule has 0 aliphatic rings. The van der Waals surface area contributed by atoms with Gasteiger partial charge in [-0.3, -0.25) is 0 Å². The van der Waals surface area contributed by atoms with Crippen molar-refractivity contribution in [3.05, 3.63) is 229 Å². The second-order valence-electron chi connectivity index (χ2n) is 16.1. The van der Waals surface area contributed by atoms with E-state index in [2.05, 4.69) is 219 Å². The maximum atomic E-state index is 6.56. The van der Waals surface area contributed by atoms with Crippen LogP contribution in [0, 0.1) is 6.92 Å². The molecule has 0 aliphatic heterocycles. The molecule has 0 unspecified atom stereocenters. The highest BCUT2D eigenvalue weighted by atomic mass is 16.3. The summed E-state index contributed by atoms with van der Waals surface area (Å²) >= 11 is 0. The Bertz CT molecular complexity index is 3710. The Morgan fingerprint density at radius 2 is 0.885 bits per heavy atom. The zero-order valence-corrected chi connectivity index (χ0v) is 33.5. The summed E-state index contributed by atoms with van der Waals surface area (Å²) in [5.41, 5.74) is 16.4. The van der Waals surface area contributed by atoms with Crippen LogP contribution in [0.2, 0.25) is 0 Å². The number of rotatable bonds is 6. The van der Waals surface area contributed by atoms with Crippen LogP contribution >= 0.6 is 0 Å². The van der Waals surface area contributed by atoms with Crippen LogP contribution in [0.1, 0.15) is 22.3 Å². The molecule has 0 fully saturated rings. The summed E-state index contributed by atoms with van der Waals surface area (Å²) in [4.78, 5) is 0. The standard InChI is InChI=1S/C59H38O2/c1-37-13-5-6-16-39(37)31-50(38-14-3-2-4-15-38)44-20-11-18-40(29-44)42-25-27-56-52(32-42)54-35-59-55(36-58(54)60-56)53-33-43(26-28-57(53)61-59)41-19-12-21-45(30-41)51-34-46-17-7-8-22-47(46)48-23-9-10-24-49(48)51/h2-36H,1H3/b50-31+. The van der Waals surface area contributed by atoms with Crippen LogP contribution in [0.4, 0.5) is 0 Å². The van der Waals surface area contributed by atoms with Gasteiger partial charge in [-0.2, -0.15) is 0 Å². The van der Waals surface area contributed by atoms with Gasteiger partial charge in [0.2, 0.25) is 0 Å². The highest BCUT2D eigenvalue weighted by molar-refractivity contribution is 6.16. The molecule has 61 heavy (non-hydrogen) atoms. The van der Waals surface area contributed by atoms with E-state index in [9.17, 15) is 0 Å². The normalized spacial score (nSPS) is 12.1. The Hall–Kier alpha value is -7.94. The quantitative estimate of drug-likeness (QED) is 0.124. The molecule has 2 nitrogen and oxygen atoms in total. The highest BCUT2D eigenvalue weighted by Gasteiger charge is 2.17. The molecule has 0 saturated carbocycles. The van der Waals surface area contributed by atoms with Gasteiger partial charge in [0, 0.05) is 21.5 Å². The molecule has 12 rings (SSSR count). The van der Waals surface area contributed by atoms with Crippen LogP contribution in [-0.4, -0.2) is 0 Å². The van der Waals surface area contributed by atoms with Crippen molar-refractivity contribution in [3.63, 3.8) is 0 Å². The van der Waals surface area contributed by atoms with Crippen LogP contribution in [0.25, 0.3) is 110 Å². The zero-order chi connectivity index (χ0) is 40.4. The predicted octanol–water partition coefficient (Wildman–Crippen LogP) is 16.7. The van der Waals surface area contributed by atoms with Crippen molar-refractivity contribution in [1.82, 2.24) is 0 Å².